The van der Waals surface area contributed by atoms with Crippen molar-refractivity contribution in [2.24, 2.45) is 0 Å². The Morgan fingerprint density at radius 2 is 1.83 bits per heavy atom. The molecule has 0 amide bonds. The van der Waals surface area contributed by atoms with Crippen molar-refractivity contribution in [2.45, 2.75) is 4.21 Å². The van der Waals surface area contributed by atoms with Crippen molar-refractivity contribution in [3.8, 4) is 0 Å². The van der Waals surface area contributed by atoms with E-state index in [1.165, 1.54) is 15.6 Å². The molecule has 1 aromatic carbocycles. The zero-order valence-corrected chi connectivity index (χ0v) is 14.4. The first-order valence-electron chi connectivity index (χ1n) is 7.59. The molecule has 0 unspecified atom stereocenters. The fourth-order valence-electron chi connectivity index (χ4n) is 2.56. The largest absolute Gasteiger partial charge is 0.379 e. The van der Waals surface area contributed by atoms with Crippen LogP contribution in [0.2, 0.25) is 0 Å². The summed E-state index contributed by atoms with van der Waals surface area (Å²) >= 11 is 1.25. The summed E-state index contributed by atoms with van der Waals surface area (Å²) in [5.41, 5.74) is 0.703. The number of para-hydroxylation sites is 1. The molecule has 0 saturated carbocycles. The molecule has 1 aromatic heterocycles. The van der Waals surface area contributed by atoms with Crippen molar-refractivity contribution in [1.29, 1.82) is 0 Å². The minimum Gasteiger partial charge on any atom is -0.379 e. The molecule has 23 heavy (non-hydrogen) atoms. The summed E-state index contributed by atoms with van der Waals surface area (Å²) in [5.74, 6) is 0. The monoisotopic (exact) mass is 352 g/mol. The SMILES string of the molecule is O=S(=O)(c1cccs1)N(CCN1CCOCC1)c1ccccc1. The second kappa shape index (κ2) is 7.44. The van der Waals surface area contributed by atoms with E-state index in [9.17, 15) is 8.42 Å². The van der Waals surface area contributed by atoms with Gasteiger partial charge in [0.2, 0.25) is 0 Å². The first-order chi connectivity index (χ1) is 11.2. The molecular formula is C16H20N2O3S2. The maximum Gasteiger partial charge on any atom is 0.273 e. The standard InChI is InChI=1S/C16H20N2O3S2/c19-23(20,16-7-4-14-22-16)18(15-5-2-1-3-6-15)9-8-17-10-12-21-13-11-17/h1-7,14H,8-13H2. The molecule has 0 atom stereocenters. The van der Waals surface area contributed by atoms with Gasteiger partial charge in [0.15, 0.2) is 0 Å². The van der Waals surface area contributed by atoms with Gasteiger partial charge in [-0.1, -0.05) is 24.3 Å². The highest BCUT2D eigenvalue weighted by Gasteiger charge is 2.26. The molecule has 0 N–H and O–H groups in total. The predicted molar refractivity (Wildman–Crippen MR) is 92.6 cm³/mol. The molecule has 1 aliphatic rings. The second-order valence-corrected chi connectivity index (χ2v) is 8.34. The zero-order chi connectivity index (χ0) is 16.1. The Morgan fingerprint density at radius 1 is 1.09 bits per heavy atom. The summed E-state index contributed by atoms with van der Waals surface area (Å²) in [7, 11) is -3.52. The van der Waals surface area contributed by atoms with E-state index in [1.54, 1.807) is 17.5 Å². The van der Waals surface area contributed by atoms with Crippen molar-refractivity contribution in [3.05, 3.63) is 47.8 Å². The lowest BCUT2D eigenvalue weighted by molar-refractivity contribution is 0.0395. The van der Waals surface area contributed by atoms with Crippen LogP contribution in [0.25, 0.3) is 0 Å². The van der Waals surface area contributed by atoms with Crippen LogP contribution in [-0.2, 0) is 14.8 Å². The Labute approximate surface area is 141 Å². The fraction of sp³-hybridized carbons (Fsp3) is 0.375. The Balaban J connectivity index is 1.82. The number of ether oxygens (including phenoxy) is 1. The highest BCUT2D eigenvalue weighted by molar-refractivity contribution is 7.94. The number of morpholine rings is 1. The van der Waals surface area contributed by atoms with Crippen LogP contribution in [0.3, 0.4) is 0 Å². The first-order valence-corrected chi connectivity index (χ1v) is 9.91. The molecule has 5 nitrogen and oxygen atoms in total. The van der Waals surface area contributed by atoms with Crippen molar-refractivity contribution < 1.29 is 13.2 Å². The maximum absolute atomic E-state index is 13.0. The lowest BCUT2D eigenvalue weighted by Crippen LogP contribution is -2.43. The van der Waals surface area contributed by atoms with Gasteiger partial charge in [-0.25, -0.2) is 8.42 Å². The van der Waals surface area contributed by atoms with Gasteiger partial charge >= 0.3 is 0 Å². The maximum atomic E-state index is 13.0. The highest BCUT2D eigenvalue weighted by atomic mass is 32.2. The van der Waals surface area contributed by atoms with E-state index in [4.69, 9.17) is 4.74 Å². The van der Waals surface area contributed by atoms with Crippen LogP contribution in [0.1, 0.15) is 0 Å². The fourth-order valence-corrected chi connectivity index (χ4v) is 5.12. The van der Waals surface area contributed by atoms with Crippen LogP contribution in [0, 0.1) is 0 Å². The average molecular weight is 352 g/mol. The predicted octanol–water partition coefficient (Wildman–Crippen LogP) is 2.28. The topological polar surface area (TPSA) is 49.9 Å². The van der Waals surface area contributed by atoms with E-state index in [2.05, 4.69) is 4.90 Å². The van der Waals surface area contributed by atoms with E-state index in [0.717, 1.165) is 13.1 Å². The molecule has 124 valence electrons. The van der Waals surface area contributed by atoms with Gasteiger partial charge in [-0.15, -0.1) is 11.3 Å². The lowest BCUT2D eigenvalue weighted by atomic mass is 10.3. The van der Waals surface area contributed by atoms with Crippen molar-refractivity contribution in [2.75, 3.05) is 43.7 Å². The van der Waals surface area contributed by atoms with E-state index < -0.39 is 10.0 Å². The van der Waals surface area contributed by atoms with Crippen LogP contribution in [-0.4, -0.2) is 52.7 Å². The third kappa shape index (κ3) is 3.92. The summed E-state index contributed by atoms with van der Waals surface area (Å²) < 4.78 is 33.2. The number of hydrogen-bond acceptors (Lipinski definition) is 5. The van der Waals surface area contributed by atoms with Gasteiger partial charge in [-0.05, 0) is 23.6 Å². The van der Waals surface area contributed by atoms with Gasteiger partial charge in [0.25, 0.3) is 10.0 Å². The van der Waals surface area contributed by atoms with Gasteiger partial charge in [0.05, 0.1) is 18.9 Å². The summed E-state index contributed by atoms with van der Waals surface area (Å²) in [6.07, 6.45) is 0. The van der Waals surface area contributed by atoms with Crippen molar-refractivity contribution in [1.82, 2.24) is 4.90 Å². The normalized spacial score (nSPS) is 16.3. The van der Waals surface area contributed by atoms with Gasteiger partial charge in [-0.2, -0.15) is 0 Å². The van der Waals surface area contributed by atoms with Crippen LogP contribution in [0.5, 0.6) is 0 Å². The molecule has 0 radical (unpaired) electrons. The number of thiophene rings is 1. The molecule has 1 aliphatic heterocycles. The molecule has 1 fully saturated rings. The third-order valence-electron chi connectivity index (χ3n) is 3.81. The number of nitrogens with zero attached hydrogens (tertiary/aromatic N) is 2. The van der Waals surface area contributed by atoms with E-state index in [-0.39, 0.29) is 0 Å². The molecule has 0 bridgehead atoms. The second-order valence-electron chi connectivity index (χ2n) is 5.30. The van der Waals surface area contributed by atoms with E-state index in [0.29, 0.717) is 36.2 Å². The van der Waals surface area contributed by atoms with Crippen LogP contribution in [0.15, 0.2) is 52.1 Å². The van der Waals surface area contributed by atoms with Crippen LogP contribution < -0.4 is 4.31 Å². The zero-order valence-electron chi connectivity index (χ0n) is 12.8. The van der Waals surface area contributed by atoms with E-state index in [1.807, 2.05) is 30.3 Å². The first kappa shape index (κ1) is 16.4. The number of sulfonamides is 1. The smallest absolute Gasteiger partial charge is 0.273 e. The Hall–Kier alpha value is -1.41. The van der Waals surface area contributed by atoms with Crippen LogP contribution >= 0.6 is 11.3 Å². The number of hydrogen-bond donors (Lipinski definition) is 0. The molecule has 7 heteroatoms. The van der Waals surface area contributed by atoms with Gasteiger partial charge in [0.1, 0.15) is 4.21 Å². The molecule has 0 aliphatic carbocycles. The van der Waals surface area contributed by atoms with E-state index >= 15 is 0 Å². The van der Waals surface area contributed by atoms with Gasteiger partial charge < -0.3 is 4.74 Å². The third-order valence-corrected chi connectivity index (χ3v) is 7.01. The Morgan fingerprint density at radius 3 is 2.48 bits per heavy atom. The highest BCUT2D eigenvalue weighted by Crippen LogP contribution is 2.26. The van der Waals surface area contributed by atoms with Gasteiger partial charge in [0, 0.05) is 26.2 Å². The molecule has 2 aromatic rings. The number of rotatable bonds is 6. The Bertz CT molecular complexity index is 696. The minimum absolute atomic E-state index is 0.378. The summed E-state index contributed by atoms with van der Waals surface area (Å²) in [5, 5.41) is 1.79. The lowest BCUT2D eigenvalue weighted by Gasteiger charge is -2.30. The molecular weight excluding hydrogens is 332 g/mol. The molecule has 3 rings (SSSR count). The number of anilines is 1. The number of benzene rings is 1. The summed E-state index contributed by atoms with van der Waals surface area (Å²) in [4.78, 5) is 2.24. The summed E-state index contributed by atoms with van der Waals surface area (Å²) in [6.45, 7) is 4.25. The van der Waals surface area contributed by atoms with Crippen LogP contribution in [0.4, 0.5) is 5.69 Å². The summed E-state index contributed by atoms with van der Waals surface area (Å²) in [6, 6.07) is 12.7. The molecule has 2 heterocycles. The quantitative estimate of drug-likeness (QED) is 0.800. The van der Waals surface area contributed by atoms with Crippen molar-refractivity contribution >= 4 is 27.0 Å². The van der Waals surface area contributed by atoms with Crippen molar-refractivity contribution in [3.63, 3.8) is 0 Å². The average Bonchev–Trinajstić information content (AvgIpc) is 3.12. The Kier molecular flexibility index (Phi) is 5.32. The van der Waals surface area contributed by atoms with Gasteiger partial charge in [-0.3, -0.25) is 9.21 Å². The molecule has 1 saturated heterocycles. The molecule has 0 spiro atoms. The minimum atomic E-state index is -3.52.